The van der Waals surface area contributed by atoms with Gasteiger partial charge in [-0.05, 0) is 12.5 Å². The van der Waals surface area contributed by atoms with Crippen molar-refractivity contribution in [1.29, 1.82) is 5.26 Å². The first-order valence-electron chi connectivity index (χ1n) is 4.77. The van der Waals surface area contributed by atoms with Gasteiger partial charge in [-0.3, -0.25) is 0 Å². The second-order valence-corrected chi connectivity index (χ2v) is 3.56. The van der Waals surface area contributed by atoms with Gasteiger partial charge in [-0.1, -0.05) is 18.5 Å². The Morgan fingerprint density at radius 2 is 2.44 bits per heavy atom. The molecule has 4 nitrogen and oxygen atoms in total. The summed E-state index contributed by atoms with van der Waals surface area (Å²) in [6, 6.07) is 3.54. The summed E-state index contributed by atoms with van der Waals surface area (Å²) in [5, 5.41) is 9.17. The van der Waals surface area contributed by atoms with E-state index >= 15 is 0 Å². The molecule has 0 fully saturated rings. The van der Waals surface area contributed by atoms with Crippen molar-refractivity contribution in [2.24, 2.45) is 0 Å². The molecule has 1 unspecified atom stereocenters. The number of rotatable bonds is 3. The Hall–Kier alpha value is -1.60. The second-order valence-electron chi connectivity index (χ2n) is 3.18. The van der Waals surface area contributed by atoms with Crippen molar-refractivity contribution in [3.63, 3.8) is 0 Å². The standard InChI is InChI=1S/C11H11ClN2O2/c1-3-7(5-13)9-6-14-10(12)4-8(9)11(15)16-2/h4,6-7H,3H2,1-2H3. The van der Waals surface area contributed by atoms with Crippen LogP contribution in [0.25, 0.3) is 0 Å². The zero-order chi connectivity index (χ0) is 12.1. The van der Waals surface area contributed by atoms with Crippen molar-refractivity contribution in [2.75, 3.05) is 7.11 Å². The molecule has 1 aromatic heterocycles. The highest BCUT2D eigenvalue weighted by atomic mass is 35.5. The van der Waals surface area contributed by atoms with E-state index in [0.717, 1.165) is 0 Å². The maximum Gasteiger partial charge on any atom is 0.338 e. The zero-order valence-electron chi connectivity index (χ0n) is 9.03. The zero-order valence-corrected chi connectivity index (χ0v) is 9.78. The first kappa shape index (κ1) is 12.5. The molecule has 0 aromatic carbocycles. The molecular formula is C11H11ClN2O2. The minimum atomic E-state index is -0.506. The predicted molar refractivity (Wildman–Crippen MR) is 59.2 cm³/mol. The van der Waals surface area contributed by atoms with Crippen LogP contribution in [-0.2, 0) is 4.74 Å². The maximum absolute atomic E-state index is 11.5. The highest BCUT2D eigenvalue weighted by Gasteiger charge is 2.19. The SMILES string of the molecule is CCC(C#N)c1cnc(Cl)cc1C(=O)OC. The van der Waals surface area contributed by atoms with Gasteiger partial charge in [-0.15, -0.1) is 0 Å². The van der Waals surface area contributed by atoms with Crippen molar-refractivity contribution < 1.29 is 9.53 Å². The summed E-state index contributed by atoms with van der Waals surface area (Å²) < 4.78 is 4.64. The van der Waals surface area contributed by atoms with Crippen molar-refractivity contribution in [2.45, 2.75) is 19.3 Å². The minimum Gasteiger partial charge on any atom is -0.465 e. The minimum absolute atomic E-state index is 0.206. The average Bonchev–Trinajstić information content (AvgIpc) is 2.31. The first-order chi connectivity index (χ1) is 7.63. The van der Waals surface area contributed by atoms with E-state index in [4.69, 9.17) is 16.9 Å². The van der Waals surface area contributed by atoms with Gasteiger partial charge in [0.15, 0.2) is 0 Å². The lowest BCUT2D eigenvalue weighted by molar-refractivity contribution is 0.0599. The number of halogens is 1. The molecule has 1 heterocycles. The fourth-order valence-electron chi connectivity index (χ4n) is 1.39. The summed E-state index contributed by atoms with van der Waals surface area (Å²) in [6.45, 7) is 1.86. The molecule has 84 valence electrons. The van der Waals surface area contributed by atoms with Gasteiger partial charge in [-0.2, -0.15) is 5.26 Å². The van der Waals surface area contributed by atoms with Crippen LogP contribution in [0.4, 0.5) is 0 Å². The van der Waals surface area contributed by atoms with Crippen LogP contribution in [0.1, 0.15) is 35.2 Å². The first-order valence-corrected chi connectivity index (χ1v) is 5.15. The number of carbonyl (C=O) groups is 1. The van der Waals surface area contributed by atoms with E-state index in [9.17, 15) is 4.79 Å². The second kappa shape index (κ2) is 5.47. The van der Waals surface area contributed by atoms with Crippen LogP contribution in [-0.4, -0.2) is 18.1 Å². The van der Waals surface area contributed by atoms with Gasteiger partial charge >= 0.3 is 5.97 Å². The molecule has 0 amide bonds. The Kier molecular flexibility index (Phi) is 4.27. The van der Waals surface area contributed by atoms with Crippen LogP contribution >= 0.6 is 11.6 Å². The quantitative estimate of drug-likeness (QED) is 0.600. The topological polar surface area (TPSA) is 63.0 Å². The Bertz CT molecular complexity index is 440. The van der Waals surface area contributed by atoms with Gasteiger partial charge in [0, 0.05) is 11.8 Å². The third-order valence-corrected chi connectivity index (χ3v) is 2.45. The van der Waals surface area contributed by atoms with Crippen molar-refractivity contribution in [1.82, 2.24) is 4.98 Å². The number of methoxy groups -OCH3 is 1. The molecule has 0 aliphatic rings. The molecule has 16 heavy (non-hydrogen) atoms. The largest absolute Gasteiger partial charge is 0.465 e. The lowest BCUT2D eigenvalue weighted by Gasteiger charge is -2.10. The Balaban J connectivity index is 3.28. The highest BCUT2D eigenvalue weighted by molar-refractivity contribution is 6.29. The fraction of sp³-hybridized carbons (Fsp3) is 0.364. The van der Waals surface area contributed by atoms with Gasteiger partial charge in [0.25, 0.3) is 0 Å². The van der Waals surface area contributed by atoms with Crippen LogP contribution in [0.15, 0.2) is 12.3 Å². The van der Waals surface area contributed by atoms with Crippen LogP contribution in [0.3, 0.4) is 0 Å². The fourth-order valence-corrected chi connectivity index (χ4v) is 1.54. The number of aromatic nitrogens is 1. The molecule has 0 bridgehead atoms. The summed E-state index contributed by atoms with van der Waals surface area (Å²) >= 11 is 5.71. The normalized spacial score (nSPS) is 11.6. The third-order valence-electron chi connectivity index (χ3n) is 2.25. The van der Waals surface area contributed by atoms with Crippen molar-refractivity contribution in [3.05, 3.63) is 28.5 Å². The lowest BCUT2D eigenvalue weighted by Crippen LogP contribution is -2.09. The van der Waals surface area contributed by atoms with Crippen LogP contribution in [0, 0.1) is 11.3 Å². The molecule has 0 aliphatic heterocycles. The highest BCUT2D eigenvalue weighted by Crippen LogP contribution is 2.24. The lowest BCUT2D eigenvalue weighted by atomic mass is 9.95. The van der Waals surface area contributed by atoms with Gasteiger partial charge in [0.2, 0.25) is 0 Å². The molecule has 0 saturated carbocycles. The van der Waals surface area contributed by atoms with Crippen LogP contribution in [0.2, 0.25) is 5.15 Å². The molecule has 5 heteroatoms. The van der Waals surface area contributed by atoms with Crippen molar-refractivity contribution >= 4 is 17.6 Å². The third kappa shape index (κ3) is 2.50. The van der Waals surface area contributed by atoms with Crippen LogP contribution in [0.5, 0.6) is 0 Å². The van der Waals surface area contributed by atoms with E-state index in [1.54, 1.807) is 0 Å². The summed E-state index contributed by atoms with van der Waals surface area (Å²) in [4.78, 5) is 15.4. The van der Waals surface area contributed by atoms with E-state index in [1.165, 1.54) is 19.4 Å². The molecule has 1 atom stereocenters. The number of esters is 1. The number of nitrogens with zero attached hydrogens (tertiary/aromatic N) is 2. The summed E-state index contributed by atoms with van der Waals surface area (Å²) in [7, 11) is 1.29. The van der Waals surface area contributed by atoms with E-state index in [-0.39, 0.29) is 11.1 Å². The predicted octanol–water partition coefficient (Wildman–Crippen LogP) is 2.54. The Morgan fingerprint density at radius 1 is 1.75 bits per heavy atom. The number of ether oxygens (including phenoxy) is 1. The van der Waals surface area contributed by atoms with Gasteiger partial charge in [0.05, 0.1) is 24.7 Å². The molecule has 0 saturated heterocycles. The number of carbonyl (C=O) groups excluding carboxylic acids is 1. The van der Waals surface area contributed by atoms with E-state index in [1.807, 2.05) is 6.92 Å². The summed E-state index contributed by atoms with van der Waals surface area (Å²) in [6.07, 6.45) is 2.05. The molecular weight excluding hydrogens is 228 g/mol. The number of hydrogen-bond acceptors (Lipinski definition) is 4. The van der Waals surface area contributed by atoms with E-state index in [0.29, 0.717) is 17.5 Å². The maximum atomic E-state index is 11.5. The summed E-state index contributed by atoms with van der Waals surface area (Å²) in [5.74, 6) is -0.883. The van der Waals surface area contributed by atoms with Crippen molar-refractivity contribution in [3.8, 4) is 6.07 Å². The number of nitriles is 1. The average molecular weight is 239 g/mol. The molecule has 0 aliphatic carbocycles. The number of hydrogen-bond donors (Lipinski definition) is 0. The van der Waals surface area contributed by atoms with Crippen LogP contribution < -0.4 is 0 Å². The Morgan fingerprint density at radius 3 is 2.94 bits per heavy atom. The molecule has 0 N–H and O–H groups in total. The van der Waals surface area contributed by atoms with Gasteiger partial charge in [-0.25, -0.2) is 9.78 Å². The van der Waals surface area contributed by atoms with Gasteiger partial charge < -0.3 is 4.74 Å². The Labute approximate surface area is 98.8 Å². The summed E-state index contributed by atoms with van der Waals surface area (Å²) in [5.41, 5.74) is 0.858. The monoisotopic (exact) mass is 238 g/mol. The number of pyridine rings is 1. The molecule has 1 aromatic rings. The molecule has 0 radical (unpaired) electrons. The molecule has 1 rings (SSSR count). The smallest absolute Gasteiger partial charge is 0.338 e. The van der Waals surface area contributed by atoms with E-state index < -0.39 is 5.97 Å². The van der Waals surface area contributed by atoms with E-state index in [2.05, 4.69) is 15.8 Å². The molecule has 0 spiro atoms. The van der Waals surface area contributed by atoms with Gasteiger partial charge in [0.1, 0.15) is 5.15 Å².